The van der Waals surface area contributed by atoms with Crippen LogP contribution in [0.4, 0.5) is 0 Å². The lowest BCUT2D eigenvalue weighted by Gasteiger charge is -1.93. The van der Waals surface area contributed by atoms with Gasteiger partial charge in [-0.15, -0.1) is 0 Å². The first kappa shape index (κ1) is 7.99. The van der Waals surface area contributed by atoms with E-state index in [2.05, 4.69) is 9.36 Å². The zero-order valence-corrected chi connectivity index (χ0v) is 7.38. The van der Waals surface area contributed by atoms with Crippen LogP contribution in [0, 0.1) is 6.92 Å². The Balaban J connectivity index is 3.16. The standard InChI is InChI=1S/C6H5N3O3S/c1-2-3-4(13-8-2)7-6(11)9(12)5(3)10/h12H,1H3,(H,7,11). The number of hydrogen-bond acceptors (Lipinski definition) is 5. The van der Waals surface area contributed by atoms with Crippen LogP contribution in [0.5, 0.6) is 0 Å². The number of aromatic amines is 1. The molecule has 0 atom stereocenters. The van der Waals surface area contributed by atoms with Gasteiger partial charge >= 0.3 is 5.69 Å². The number of aromatic nitrogens is 3. The molecule has 7 heteroatoms. The molecule has 0 unspecified atom stereocenters. The molecule has 0 saturated carbocycles. The summed E-state index contributed by atoms with van der Waals surface area (Å²) in [6, 6.07) is 0. The van der Waals surface area contributed by atoms with Crippen LogP contribution in [-0.4, -0.2) is 19.3 Å². The van der Waals surface area contributed by atoms with Gasteiger partial charge < -0.3 is 5.21 Å². The first-order valence-electron chi connectivity index (χ1n) is 3.42. The Labute approximate surface area is 75.2 Å². The van der Waals surface area contributed by atoms with Crippen molar-refractivity contribution in [2.45, 2.75) is 6.92 Å². The van der Waals surface area contributed by atoms with Gasteiger partial charge in [-0.3, -0.25) is 9.78 Å². The second-order valence-corrected chi connectivity index (χ2v) is 3.29. The number of aryl methyl sites for hydroxylation is 1. The van der Waals surface area contributed by atoms with Gasteiger partial charge in [0, 0.05) is 0 Å². The van der Waals surface area contributed by atoms with E-state index >= 15 is 0 Å². The van der Waals surface area contributed by atoms with Crippen molar-refractivity contribution in [2.75, 3.05) is 0 Å². The highest BCUT2D eigenvalue weighted by Crippen LogP contribution is 2.13. The predicted molar refractivity (Wildman–Crippen MR) is 46.4 cm³/mol. The minimum atomic E-state index is -0.846. The van der Waals surface area contributed by atoms with Gasteiger partial charge in [0.2, 0.25) is 0 Å². The Bertz CT molecular complexity index is 579. The molecule has 0 bridgehead atoms. The number of H-pyrrole nitrogens is 1. The molecule has 2 aromatic rings. The normalized spacial score (nSPS) is 10.8. The Morgan fingerprint density at radius 2 is 2.23 bits per heavy atom. The third-order valence-corrected chi connectivity index (χ3v) is 2.54. The van der Waals surface area contributed by atoms with E-state index in [4.69, 9.17) is 5.21 Å². The van der Waals surface area contributed by atoms with Crippen molar-refractivity contribution >= 4 is 21.7 Å². The Morgan fingerprint density at radius 3 is 2.92 bits per heavy atom. The van der Waals surface area contributed by atoms with Crippen LogP contribution < -0.4 is 11.2 Å². The maximum absolute atomic E-state index is 11.3. The molecule has 2 aromatic heterocycles. The molecule has 2 rings (SSSR count). The molecular formula is C6H5N3O3S. The molecule has 2 heterocycles. The van der Waals surface area contributed by atoms with Crippen LogP contribution >= 0.6 is 11.5 Å². The van der Waals surface area contributed by atoms with Crippen molar-refractivity contribution in [2.24, 2.45) is 0 Å². The number of fused-ring (bicyclic) bond motifs is 1. The Kier molecular flexibility index (Phi) is 1.49. The molecule has 0 fully saturated rings. The van der Waals surface area contributed by atoms with Crippen LogP contribution in [0.15, 0.2) is 9.59 Å². The van der Waals surface area contributed by atoms with Gasteiger partial charge in [-0.25, -0.2) is 4.79 Å². The molecule has 0 aliphatic carbocycles. The van der Waals surface area contributed by atoms with E-state index in [0.29, 0.717) is 10.5 Å². The van der Waals surface area contributed by atoms with Gasteiger partial charge in [-0.2, -0.15) is 4.37 Å². The highest BCUT2D eigenvalue weighted by molar-refractivity contribution is 7.12. The van der Waals surface area contributed by atoms with E-state index in [-0.39, 0.29) is 10.1 Å². The minimum absolute atomic E-state index is 0.0454. The summed E-state index contributed by atoms with van der Waals surface area (Å²) in [7, 11) is 0. The largest absolute Gasteiger partial charge is 0.421 e. The third-order valence-electron chi connectivity index (χ3n) is 1.68. The fourth-order valence-electron chi connectivity index (χ4n) is 1.06. The van der Waals surface area contributed by atoms with Crippen LogP contribution in [0.25, 0.3) is 10.2 Å². The Hall–Kier alpha value is -1.63. The first-order valence-corrected chi connectivity index (χ1v) is 4.19. The molecule has 0 amide bonds. The van der Waals surface area contributed by atoms with Gasteiger partial charge in [-0.1, -0.05) is 4.73 Å². The summed E-state index contributed by atoms with van der Waals surface area (Å²) < 4.78 is 3.93. The van der Waals surface area contributed by atoms with E-state index in [0.717, 1.165) is 11.5 Å². The van der Waals surface area contributed by atoms with Crippen LogP contribution in [0.3, 0.4) is 0 Å². The van der Waals surface area contributed by atoms with Crippen molar-refractivity contribution in [3.63, 3.8) is 0 Å². The molecule has 2 N–H and O–H groups in total. The summed E-state index contributed by atoms with van der Waals surface area (Å²) in [5, 5.41) is 9.24. The van der Waals surface area contributed by atoms with E-state index in [1.807, 2.05) is 0 Å². The molecule has 0 aliphatic rings. The summed E-state index contributed by atoms with van der Waals surface area (Å²) in [6.07, 6.45) is 0. The molecule has 13 heavy (non-hydrogen) atoms. The summed E-state index contributed by atoms with van der Waals surface area (Å²) >= 11 is 1.02. The highest BCUT2D eigenvalue weighted by atomic mass is 32.1. The molecule has 0 aliphatic heterocycles. The zero-order valence-electron chi connectivity index (χ0n) is 6.57. The molecule has 0 aromatic carbocycles. The molecule has 68 valence electrons. The second kappa shape index (κ2) is 2.43. The van der Waals surface area contributed by atoms with E-state index < -0.39 is 11.2 Å². The van der Waals surface area contributed by atoms with Gasteiger partial charge in [0.25, 0.3) is 5.56 Å². The summed E-state index contributed by atoms with van der Waals surface area (Å²) in [5.41, 5.74) is -1.07. The van der Waals surface area contributed by atoms with Crippen molar-refractivity contribution in [1.29, 1.82) is 0 Å². The maximum atomic E-state index is 11.3. The summed E-state index contributed by atoms with van der Waals surface area (Å²) in [6.45, 7) is 1.64. The average Bonchev–Trinajstić information content (AvgIpc) is 2.43. The third kappa shape index (κ3) is 0.970. The zero-order chi connectivity index (χ0) is 9.59. The van der Waals surface area contributed by atoms with Gasteiger partial charge in [0.15, 0.2) is 0 Å². The second-order valence-electron chi connectivity index (χ2n) is 2.52. The maximum Gasteiger partial charge on any atom is 0.362 e. The smallest absolute Gasteiger partial charge is 0.362 e. The number of hydrogen-bond donors (Lipinski definition) is 2. The quantitative estimate of drug-likeness (QED) is 0.570. The average molecular weight is 199 g/mol. The molecule has 0 radical (unpaired) electrons. The highest BCUT2D eigenvalue weighted by Gasteiger charge is 2.11. The predicted octanol–water partition coefficient (Wildman–Crippen LogP) is -0.308. The van der Waals surface area contributed by atoms with Crippen molar-refractivity contribution in [1.82, 2.24) is 14.1 Å². The van der Waals surface area contributed by atoms with Gasteiger partial charge in [-0.05, 0) is 18.5 Å². The van der Waals surface area contributed by atoms with Crippen LogP contribution in [0.2, 0.25) is 0 Å². The SMILES string of the molecule is Cc1nsc2[nH]c(=O)n(O)c(=O)c12. The lowest BCUT2D eigenvalue weighted by atomic mass is 10.3. The molecule has 6 nitrogen and oxygen atoms in total. The Morgan fingerprint density at radius 1 is 1.54 bits per heavy atom. The van der Waals surface area contributed by atoms with Crippen LogP contribution in [0.1, 0.15) is 5.69 Å². The van der Waals surface area contributed by atoms with Crippen molar-refractivity contribution in [3.8, 4) is 0 Å². The van der Waals surface area contributed by atoms with Crippen molar-refractivity contribution < 1.29 is 5.21 Å². The number of nitrogens with zero attached hydrogens (tertiary/aromatic N) is 2. The van der Waals surface area contributed by atoms with Crippen LogP contribution in [-0.2, 0) is 0 Å². The molecule has 0 spiro atoms. The lowest BCUT2D eigenvalue weighted by Crippen LogP contribution is -2.32. The fraction of sp³-hybridized carbons (Fsp3) is 0.167. The minimum Gasteiger partial charge on any atom is -0.421 e. The topological polar surface area (TPSA) is 88.0 Å². The summed E-state index contributed by atoms with van der Waals surface area (Å²) in [4.78, 5) is 24.9. The number of rotatable bonds is 0. The first-order chi connectivity index (χ1) is 6.11. The monoisotopic (exact) mass is 199 g/mol. The van der Waals surface area contributed by atoms with E-state index in [1.165, 1.54) is 0 Å². The van der Waals surface area contributed by atoms with E-state index in [9.17, 15) is 9.59 Å². The molecular weight excluding hydrogens is 194 g/mol. The van der Waals surface area contributed by atoms with Crippen molar-refractivity contribution in [3.05, 3.63) is 26.5 Å². The fourth-order valence-corrected chi connectivity index (χ4v) is 1.83. The van der Waals surface area contributed by atoms with Gasteiger partial charge in [0.1, 0.15) is 10.2 Å². The summed E-state index contributed by atoms with van der Waals surface area (Å²) in [5.74, 6) is 0. The van der Waals surface area contributed by atoms with Gasteiger partial charge in [0.05, 0.1) is 5.69 Å². The molecule has 0 saturated heterocycles. The lowest BCUT2D eigenvalue weighted by molar-refractivity contribution is 0.162. The van der Waals surface area contributed by atoms with E-state index in [1.54, 1.807) is 6.92 Å². The number of nitrogens with one attached hydrogen (secondary N) is 1.